The van der Waals surface area contributed by atoms with Gasteiger partial charge < -0.3 is 10.0 Å². The number of hydrogen-bond acceptors (Lipinski definition) is 2. The zero-order valence-electron chi connectivity index (χ0n) is 8.83. The maximum Gasteiger partial charge on any atom is 0.488 e. The zero-order chi connectivity index (χ0) is 10.6. The van der Waals surface area contributed by atoms with Crippen LogP contribution >= 0.6 is 0 Å². The number of unbranched alkanes of at least 4 members (excludes halogenated alkanes) is 1. The van der Waals surface area contributed by atoms with Gasteiger partial charge in [-0.1, -0.05) is 37.1 Å². The van der Waals surface area contributed by atoms with E-state index in [0.29, 0.717) is 5.46 Å². The van der Waals surface area contributed by atoms with Crippen LogP contribution in [0.25, 0.3) is 0 Å². The first-order valence-corrected chi connectivity index (χ1v) is 5.10. The van der Waals surface area contributed by atoms with E-state index in [9.17, 15) is 0 Å². The van der Waals surface area contributed by atoms with Crippen molar-refractivity contribution in [3.05, 3.63) is 29.3 Å². The van der Waals surface area contributed by atoms with Crippen LogP contribution in [0.5, 0.6) is 0 Å². The van der Waals surface area contributed by atoms with Crippen LogP contribution < -0.4 is 5.46 Å². The summed E-state index contributed by atoms with van der Waals surface area (Å²) in [6, 6.07) is 5.80. The third-order valence-corrected chi connectivity index (χ3v) is 2.43. The van der Waals surface area contributed by atoms with Crippen molar-refractivity contribution in [1.82, 2.24) is 0 Å². The Morgan fingerprint density at radius 2 is 2.00 bits per heavy atom. The molecule has 76 valence electrons. The average Bonchev–Trinajstić information content (AvgIpc) is 2.14. The molecule has 0 unspecified atom stereocenters. The topological polar surface area (TPSA) is 40.5 Å². The van der Waals surface area contributed by atoms with Crippen molar-refractivity contribution >= 4 is 12.6 Å². The van der Waals surface area contributed by atoms with Gasteiger partial charge in [0, 0.05) is 0 Å². The van der Waals surface area contributed by atoms with Crippen molar-refractivity contribution in [3.63, 3.8) is 0 Å². The summed E-state index contributed by atoms with van der Waals surface area (Å²) in [7, 11) is -1.35. The third kappa shape index (κ3) is 2.86. The Kier molecular flexibility index (Phi) is 4.17. The summed E-state index contributed by atoms with van der Waals surface area (Å²) in [5.74, 6) is 0. The zero-order valence-corrected chi connectivity index (χ0v) is 8.83. The molecule has 2 nitrogen and oxygen atoms in total. The molecule has 2 N–H and O–H groups in total. The summed E-state index contributed by atoms with van der Waals surface area (Å²) in [5.41, 5.74) is 2.83. The first-order valence-electron chi connectivity index (χ1n) is 5.10. The Labute approximate surface area is 85.7 Å². The second-order valence-electron chi connectivity index (χ2n) is 3.67. The smallest absolute Gasteiger partial charge is 0.423 e. The van der Waals surface area contributed by atoms with Gasteiger partial charge in [0.1, 0.15) is 0 Å². The summed E-state index contributed by atoms with van der Waals surface area (Å²) >= 11 is 0. The minimum atomic E-state index is -1.35. The molecule has 0 aromatic heterocycles. The van der Waals surface area contributed by atoms with Gasteiger partial charge in [-0.2, -0.15) is 0 Å². The Morgan fingerprint density at radius 3 is 2.50 bits per heavy atom. The minimum absolute atomic E-state index is 0.602. The lowest BCUT2D eigenvalue weighted by molar-refractivity contribution is 0.425. The van der Waals surface area contributed by atoms with E-state index >= 15 is 0 Å². The molecule has 1 aromatic carbocycles. The molecule has 0 aliphatic rings. The van der Waals surface area contributed by atoms with Gasteiger partial charge in [-0.3, -0.25) is 0 Å². The summed E-state index contributed by atoms with van der Waals surface area (Å²) in [6.45, 7) is 4.07. The quantitative estimate of drug-likeness (QED) is 0.699. The first kappa shape index (κ1) is 11.3. The van der Waals surface area contributed by atoms with Crippen LogP contribution in [0.3, 0.4) is 0 Å². The monoisotopic (exact) mass is 192 g/mol. The van der Waals surface area contributed by atoms with Crippen LogP contribution in [-0.4, -0.2) is 17.2 Å². The largest absolute Gasteiger partial charge is 0.488 e. The molecular formula is C11H17BO2. The Morgan fingerprint density at radius 1 is 1.29 bits per heavy atom. The normalized spacial score (nSPS) is 10.3. The molecule has 0 radical (unpaired) electrons. The fourth-order valence-electron chi connectivity index (χ4n) is 1.56. The summed E-state index contributed by atoms with van der Waals surface area (Å²) in [6.07, 6.45) is 3.43. The standard InChI is InChI=1S/C11H17BO2/c1-3-4-5-10-6-7-11(12(13)14)9(2)8-10/h6-8,13-14H,3-5H2,1-2H3. The highest BCUT2D eigenvalue weighted by Gasteiger charge is 2.13. The molecule has 0 saturated carbocycles. The fourth-order valence-corrected chi connectivity index (χ4v) is 1.56. The molecule has 0 saturated heterocycles. The van der Waals surface area contributed by atoms with Crippen LogP contribution in [0.15, 0.2) is 18.2 Å². The van der Waals surface area contributed by atoms with Crippen LogP contribution in [0.2, 0.25) is 0 Å². The van der Waals surface area contributed by atoms with Gasteiger partial charge >= 0.3 is 7.12 Å². The predicted molar refractivity (Wildman–Crippen MR) is 59.6 cm³/mol. The van der Waals surface area contributed by atoms with Crippen molar-refractivity contribution < 1.29 is 10.0 Å². The van der Waals surface area contributed by atoms with Crippen molar-refractivity contribution in [2.24, 2.45) is 0 Å². The molecule has 1 aromatic rings. The van der Waals surface area contributed by atoms with Crippen LogP contribution in [-0.2, 0) is 6.42 Å². The van der Waals surface area contributed by atoms with Crippen LogP contribution in [0, 0.1) is 6.92 Å². The lowest BCUT2D eigenvalue weighted by Gasteiger charge is -2.07. The maximum absolute atomic E-state index is 9.03. The van der Waals surface area contributed by atoms with Gasteiger partial charge in [0.2, 0.25) is 0 Å². The SMILES string of the molecule is CCCCc1ccc(B(O)O)c(C)c1. The number of aryl methyl sites for hydroxylation is 2. The number of hydrogen-bond donors (Lipinski definition) is 2. The number of benzene rings is 1. The van der Waals surface area contributed by atoms with E-state index in [2.05, 4.69) is 6.92 Å². The van der Waals surface area contributed by atoms with E-state index in [0.717, 1.165) is 12.0 Å². The maximum atomic E-state index is 9.03. The van der Waals surface area contributed by atoms with Gasteiger partial charge in [-0.05, 0) is 30.8 Å². The van der Waals surface area contributed by atoms with Crippen LogP contribution in [0.1, 0.15) is 30.9 Å². The van der Waals surface area contributed by atoms with Gasteiger partial charge in [-0.15, -0.1) is 0 Å². The van der Waals surface area contributed by atoms with Gasteiger partial charge in [0.15, 0.2) is 0 Å². The first-order chi connectivity index (χ1) is 6.65. The molecule has 0 aliphatic heterocycles. The highest BCUT2D eigenvalue weighted by molar-refractivity contribution is 6.59. The van der Waals surface area contributed by atoms with E-state index in [4.69, 9.17) is 10.0 Å². The lowest BCUT2D eigenvalue weighted by Crippen LogP contribution is -2.32. The Balaban J connectivity index is 2.78. The third-order valence-electron chi connectivity index (χ3n) is 2.43. The molecule has 3 heteroatoms. The molecular weight excluding hydrogens is 175 g/mol. The average molecular weight is 192 g/mol. The molecule has 0 amide bonds. The van der Waals surface area contributed by atoms with E-state index in [1.807, 2.05) is 19.1 Å². The minimum Gasteiger partial charge on any atom is -0.423 e. The Bertz CT molecular complexity index is 297. The molecule has 0 atom stereocenters. The van der Waals surface area contributed by atoms with Gasteiger partial charge in [0.25, 0.3) is 0 Å². The summed E-state index contributed by atoms with van der Waals surface area (Å²) in [5, 5.41) is 18.1. The van der Waals surface area contributed by atoms with E-state index < -0.39 is 7.12 Å². The fraction of sp³-hybridized carbons (Fsp3) is 0.455. The molecule has 14 heavy (non-hydrogen) atoms. The highest BCUT2D eigenvalue weighted by atomic mass is 16.4. The van der Waals surface area contributed by atoms with Crippen LogP contribution in [0.4, 0.5) is 0 Å². The highest BCUT2D eigenvalue weighted by Crippen LogP contribution is 2.06. The Hall–Kier alpha value is -0.795. The van der Waals surface area contributed by atoms with Gasteiger partial charge in [0.05, 0.1) is 0 Å². The molecule has 0 heterocycles. The van der Waals surface area contributed by atoms with E-state index in [-0.39, 0.29) is 0 Å². The molecule has 1 rings (SSSR count). The second kappa shape index (κ2) is 5.18. The van der Waals surface area contributed by atoms with Crippen molar-refractivity contribution in [2.75, 3.05) is 0 Å². The molecule has 0 bridgehead atoms. The molecule has 0 spiro atoms. The van der Waals surface area contributed by atoms with E-state index in [1.165, 1.54) is 18.4 Å². The molecule has 0 aliphatic carbocycles. The number of rotatable bonds is 4. The van der Waals surface area contributed by atoms with Crippen molar-refractivity contribution in [1.29, 1.82) is 0 Å². The second-order valence-corrected chi connectivity index (χ2v) is 3.67. The predicted octanol–water partition coefficient (Wildman–Crippen LogP) is 1.02. The van der Waals surface area contributed by atoms with Gasteiger partial charge in [-0.25, -0.2) is 0 Å². The van der Waals surface area contributed by atoms with E-state index in [1.54, 1.807) is 6.07 Å². The molecule has 0 fully saturated rings. The van der Waals surface area contributed by atoms with Crippen molar-refractivity contribution in [3.8, 4) is 0 Å². The summed E-state index contributed by atoms with van der Waals surface area (Å²) < 4.78 is 0. The van der Waals surface area contributed by atoms with Crippen molar-refractivity contribution in [2.45, 2.75) is 33.1 Å². The lowest BCUT2D eigenvalue weighted by atomic mass is 9.77. The summed E-state index contributed by atoms with van der Waals surface area (Å²) in [4.78, 5) is 0.